The van der Waals surface area contributed by atoms with Crippen molar-refractivity contribution >= 4 is 28.2 Å². The van der Waals surface area contributed by atoms with E-state index in [2.05, 4.69) is 21.8 Å². The predicted octanol–water partition coefficient (Wildman–Crippen LogP) is 1.60. The van der Waals surface area contributed by atoms with E-state index in [0.717, 1.165) is 45.6 Å². The van der Waals surface area contributed by atoms with Gasteiger partial charge in [0.1, 0.15) is 5.69 Å². The summed E-state index contributed by atoms with van der Waals surface area (Å²) in [4.78, 5) is 48.8. The van der Waals surface area contributed by atoms with Crippen LogP contribution in [0, 0.1) is 16.0 Å². The number of likely N-dealkylation sites (N-methyl/N-ethyl adjacent to an activating group) is 1. The number of amides is 1. The Morgan fingerprint density at radius 3 is 2.55 bits per heavy atom. The minimum atomic E-state index is -0.452. The lowest BCUT2D eigenvalue weighted by Gasteiger charge is -2.36. The Kier molecular flexibility index (Phi) is 6.17. The van der Waals surface area contributed by atoms with Crippen LogP contribution < -0.4 is 10.5 Å². The number of carbonyl (C=O) groups is 1. The number of nitro groups is 1. The fourth-order valence-corrected chi connectivity index (χ4v) is 4.56. The molecule has 0 radical (unpaired) electrons. The van der Waals surface area contributed by atoms with Crippen LogP contribution in [-0.2, 0) is 4.79 Å². The summed E-state index contributed by atoms with van der Waals surface area (Å²) in [7, 11) is 0. The molecule has 31 heavy (non-hydrogen) atoms. The third kappa shape index (κ3) is 4.53. The molecule has 1 amide bonds. The Morgan fingerprint density at radius 1 is 1.19 bits per heavy atom. The molecule has 2 aliphatic rings. The van der Waals surface area contributed by atoms with Crippen molar-refractivity contribution in [2.24, 2.45) is 5.92 Å². The minimum absolute atomic E-state index is 0.0886. The highest BCUT2D eigenvalue weighted by atomic mass is 16.6. The molecule has 1 aromatic heterocycles. The van der Waals surface area contributed by atoms with E-state index in [1.165, 1.54) is 12.4 Å². The summed E-state index contributed by atoms with van der Waals surface area (Å²) in [5.41, 5.74) is 0.440. The standard InChI is InChI=1S/C21H28N6O4/c1-2-24-7-9-26(10-8-24)20(28)11-15-3-5-25(6-4-15)18-13-17-16(12-19(18)27(30)31)21(29)23-14-22-17/h12-15H,2-11H2,1H3,(H,22,23,29). The number of aromatic amines is 1. The van der Waals surface area contributed by atoms with Gasteiger partial charge in [-0.05, 0) is 31.4 Å². The topological polar surface area (TPSA) is 116 Å². The molecule has 2 aliphatic heterocycles. The Labute approximate surface area is 180 Å². The van der Waals surface area contributed by atoms with Gasteiger partial charge in [0.2, 0.25) is 5.91 Å². The van der Waals surface area contributed by atoms with E-state index < -0.39 is 10.5 Å². The lowest BCUT2D eigenvalue weighted by Crippen LogP contribution is -2.49. The van der Waals surface area contributed by atoms with Gasteiger partial charge in [-0.3, -0.25) is 19.7 Å². The number of hydrogen-bond acceptors (Lipinski definition) is 7. The number of anilines is 1. The second kappa shape index (κ2) is 9.01. The number of rotatable bonds is 5. The molecule has 10 nitrogen and oxygen atoms in total. The average Bonchev–Trinajstić information content (AvgIpc) is 2.79. The first-order valence-electron chi connectivity index (χ1n) is 10.9. The fourth-order valence-electron chi connectivity index (χ4n) is 4.56. The molecule has 0 unspecified atom stereocenters. The predicted molar refractivity (Wildman–Crippen MR) is 117 cm³/mol. The number of hydrogen-bond donors (Lipinski definition) is 1. The minimum Gasteiger partial charge on any atom is -0.366 e. The third-order valence-electron chi connectivity index (χ3n) is 6.52. The summed E-state index contributed by atoms with van der Waals surface area (Å²) < 4.78 is 0. The van der Waals surface area contributed by atoms with Crippen LogP contribution in [0.2, 0.25) is 0 Å². The van der Waals surface area contributed by atoms with Crippen LogP contribution in [0.3, 0.4) is 0 Å². The summed E-state index contributed by atoms with van der Waals surface area (Å²) in [5, 5.41) is 11.9. The van der Waals surface area contributed by atoms with Gasteiger partial charge < -0.3 is 19.7 Å². The Balaban J connectivity index is 1.41. The first-order valence-corrected chi connectivity index (χ1v) is 10.9. The van der Waals surface area contributed by atoms with E-state index in [-0.39, 0.29) is 22.9 Å². The largest absolute Gasteiger partial charge is 0.366 e. The lowest BCUT2D eigenvalue weighted by molar-refractivity contribution is -0.384. The first-order chi connectivity index (χ1) is 15.0. The number of nitro benzene ring substituents is 1. The number of nitrogens with one attached hydrogen (secondary N) is 1. The van der Waals surface area contributed by atoms with Crippen LogP contribution in [-0.4, -0.2) is 76.4 Å². The zero-order valence-electron chi connectivity index (χ0n) is 17.7. The number of aromatic nitrogens is 2. The number of carbonyl (C=O) groups excluding carboxylic acids is 1. The van der Waals surface area contributed by atoms with E-state index in [1.807, 2.05) is 9.80 Å². The van der Waals surface area contributed by atoms with E-state index in [4.69, 9.17) is 0 Å². The van der Waals surface area contributed by atoms with Crippen LogP contribution in [0.15, 0.2) is 23.3 Å². The second-order valence-electron chi connectivity index (χ2n) is 8.30. The molecule has 2 aromatic rings. The molecule has 166 valence electrons. The maximum Gasteiger partial charge on any atom is 0.293 e. The number of piperidine rings is 1. The highest BCUT2D eigenvalue weighted by Gasteiger charge is 2.29. The van der Waals surface area contributed by atoms with E-state index >= 15 is 0 Å². The molecule has 1 N–H and O–H groups in total. The molecular formula is C21H28N6O4. The van der Waals surface area contributed by atoms with E-state index in [1.54, 1.807) is 6.07 Å². The van der Waals surface area contributed by atoms with Gasteiger partial charge in [0.25, 0.3) is 11.2 Å². The Hall–Kier alpha value is -3.01. The molecule has 10 heteroatoms. The van der Waals surface area contributed by atoms with E-state index in [0.29, 0.717) is 30.7 Å². The van der Waals surface area contributed by atoms with Gasteiger partial charge in [0, 0.05) is 51.8 Å². The van der Waals surface area contributed by atoms with Crippen LogP contribution in [0.4, 0.5) is 11.4 Å². The zero-order chi connectivity index (χ0) is 22.0. The Bertz CT molecular complexity index is 1020. The SMILES string of the molecule is CCN1CCN(C(=O)CC2CCN(c3cc4nc[nH]c(=O)c4cc3[N+](=O)[O-])CC2)CC1. The van der Waals surface area contributed by atoms with Crippen LogP contribution in [0.5, 0.6) is 0 Å². The maximum atomic E-state index is 12.7. The van der Waals surface area contributed by atoms with Crippen molar-refractivity contribution in [3.8, 4) is 0 Å². The van der Waals surface area contributed by atoms with Gasteiger partial charge in [-0.15, -0.1) is 0 Å². The second-order valence-corrected chi connectivity index (χ2v) is 8.30. The summed E-state index contributed by atoms with van der Waals surface area (Å²) in [6, 6.07) is 2.93. The van der Waals surface area contributed by atoms with Gasteiger partial charge >= 0.3 is 0 Å². The maximum absolute atomic E-state index is 12.7. The van der Waals surface area contributed by atoms with Crippen molar-refractivity contribution in [1.29, 1.82) is 0 Å². The highest BCUT2D eigenvalue weighted by molar-refractivity contribution is 5.87. The zero-order valence-corrected chi connectivity index (χ0v) is 17.7. The molecular weight excluding hydrogens is 400 g/mol. The van der Waals surface area contributed by atoms with Crippen molar-refractivity contribution < 1.29 is 9.72 Å². The number of fused-ring (bicyclic) bond motifs is 1. The normalized spacial score (nSPS) is 18.5. The van der Waals surface area contributed by atoms with Gasteiger partial charge in [-0.1, -0.05) is 6.92 Å². The van der Waals surface area contributed by atoms with Gasteiger partial charge in [0.05, 0.1) is 22.2 Å². The Morgan fingerprint density at radius 2 is 1.90 bits per heavy atom. The van der Waals surface area contributed by atoms with E-state index in [9.17, 15) is 19.7 Å². The van der Waals surface area contributed by atoms with Crippen molar-refractivity contribution in [3.63, 3.8) is 0 Å². The quantitative estimate of drug-likeness (QED) is 0.568. The number of benzene rings is 1. The first kappa shape index (κ1) is 21.2. The van der Waals surface area contributed by atoms with Gasteiger partial charge in [0.15, 0.2) is 0 Å². The summed E-state index contributed by atoms with van der Waals surface area (Å²) in [6.45, 7) is 7.88. The van der Waals surface area contributed by atoms with Crippen molar-refractivity contribution in [3.05, 3.63) is 38.9 Å². The van der Waals surface area contributed by atoms with Gasteiger partial charge in [-0.25, -0.2) is 4.98 Å². The van der Waals surface area contributed by atoms with Crippen LogP contribution in [0.1, 0.15) is 26.2 Å². The van der Waals surface area contributed by atoms with Crippen molar-refractivity contribution in [2.75, 3.05) is 50.7 Å². The molecule has 0 saturated carbocycles. The molecule has 0 spiro atoms. The van der Waals surface area contributed by atoms with Crippen molar-refractivity contribution in [1.82, 2.24) is 19.8 Å². The molecule has 3 heterocycles. The number of nitrogens with zero attached hydrogens (tertiary/aromatic N) is 5. The third-order valence-corrected chi connectivity index (χ3v) is 6.52. The number of piperazine rings is 1. The number of H-pyrrole nitrogens is 1. The molecule has 1 aromatic carbocycles. The highest BCUT2D eigenvalue weighted by Crippen LogP contribution is 2.34. The summed E-state index contributed by atoms with van der Waals surface area (Å²) in [6.07, 6.45) is 3.45. The molecule has 0 aliphatic carbocycles. The van der Waals surface area contributed by atoms with Crippen molar-refractivity contribution in [2.45, 2.75) is 26.2 Å². The van der Waals surface area contributed by atoms with Gasteiger partial charge in [-0.2, -0.15) is 0 Å². The fraction of sp³-hybridized carbons (Fsp3) is 0.571. The summed E-state index contributed by atoms with van der Waals surface area (Å²) >= 11 is 0. The lowest BCUT2D eigenvalue weighted by atomic mass is 9.92. The molecule has 0 bridgehead atoms. The van der Waals surface area contributed by atoms with Crippen LogP contribution in [0.25, 0.3) is 10.9 Å². The van der Waals surface area contributed by atoms with Crippen LogP contribution >= 0.6 is 0 Å². The monoisotopic (exact) mass is 428 g/mol. The molecule has 2 saturated heterocycles. The molecule has 0 atom stereocenters. The molecule has 2 fully saturated rings. The molecule has 4 rings (SSSR count). The summed E-state index contributed by atoms with van der Waals surface area (Å²) in [5.74, 6) is 0.503. The average molecular weight is 428 g/mol. The smallest absolute Gasteiger partial charge is 0.293 e.